The SMILES string of the molecule is COc1ccc(NC(=O)c2cccc(NC(=O)[C@H](C)Oc3ccccc3)c2)cc1. The molecule has 0 aliphatic heterocycles. The minimum absolute atomic E-state index is 0.278. The van der Waals surface area contributed by atoms with Gasteiger partial charge in [0.25, 0.3) is 11.8 Å². The van der Waals surface area contributed by atoms with Crippen LogP contribution in [0.15, 0.2) is 78.9 Å². The lowest BCUT2D eigenvalue weighted by Crippen LogP contribution is -2.30. The summed E-state index contributed by atoms with van der Waals surface area (Å²) in [6.07, 6.45) is -0.686. The van der Waals surface area contributed by atoms with E-state index in [4.69, 9.17) is 9.47 Å². The first-order chi connectivity index (χ1) is 14.0. The Bertz CT molecular complexity index is 972. The number of carbonyl (C=O) groups excluding carboxylic acids is 2. The molecule has 0 aromatic heterocycles. The van der Waals surface area contributed by atoms with Crippen LogP contribution in [0, 0.1) is 0 Å². The van der Waals surface area contributed by atoms with Crippen molar-refractivity contribution in [1.82, 2.24) is 0 Å². The molecule has 6 heteroatoms. The first-order valence-electron chi connectivity index (χ1n) is 9.13. The average molecular weight is 390 g/mol. The van der Waals surface area contributed by atoms with Gasteiger partial charge in [-0.05, 0) is 61.5 Å². The van der Waals surface area contributed by atoms with Gasteiger partial charge in [-0.1, -0.05) is 24.3 Å². The summed E-state index contributed by atoms with van der Waals surface area (Å²) in [6, 6.07) is 22.9. The number of benzene rings is 3. The minimum Gasteiger partial charge on any atom is -0.497 e. The molecule has 3 rings (SSSR count). The molecular weight excluding hydrogens is 368 g/mol. The van der Waals surface area contributed by atoms with Gasteiger partial charge in [0.05, 0.1) is 7.11 Å². The second-order valence-electron chi connectivity index (χ2n) is 6.33. The molecule has 1 atom stereocenters. The largest absolute Gasteiger partial charge is 0.497 e. The molecule has 6 nitrogen and oxygen atoms in total. The Hall–Kier alpha value is -3.80. The second-order valence-corrected chi connectivity index (χ2v) is 6.33. The first kappa shape index (κ1) is 19.9. The number of ether oxygens (including phenoxy) is 2. The minimum atomic E-state index is -0.686. The van der Waals surface area contributed by atoms with Crippen LogP contribution in [0.1, 0.15) is 17.3 Å². The summed E-state index contributed by atoms with van der Waals surface area (Å²) in [7, 11) is 1.58. The highest BCUT2D eigenvalue weighted by molar-refractivity contribution is 6.05. The van der Waals surface area contributed by atoms with Gasteiger partial charge in [-0.3, -0.25) is 9.59 Å². The summed E-state index contributed by atoms with van der Waals surface area (Å²) in [6.45, 7) is 1.67. The number of nitrogens with one attached hydrogen (secondary N) is 2. The van der Waals surface area contributed by atoms with E-state index in [-0.39, 0.29) is 11.8 Å². The van der Waals surface area contributed by atoms with Crippen molar-refractivity contribution in [1.29, 1.82) is 0 Å². The molecule has 0 heterocycles. The molecule has 0 bridgehead atoms. The number of hydrogen-bond acceptors (Lipinski definition) is 4. The van der Waals surface area contributed by atoms with E-state index in [2.05, 4.69) is 10.6 Å². The number of hydrogen-bond donors (Lipinski definition) is 2. The molecule has 29 heavy (non-hydrogen) atoms. The van der Waals surface area contributed by atoms with Crippen LogP contribution in [-0.2, 0) is 4.79 Å². The van der Waals surface area contributed by atoms with Gasteiger partial charge >= 0.3 is 0 Å². The van der Waals surface area contributed by atoms with Crippen LogP contribution >= 0.6 is 0 Å². The topological polar surface area (TPSA) is 76.7 Å². The third kappa shape index (κ3) is 5.59. The van der Waals surface area contributed by atoms with Crippen molar-refractivity contribution >= 4 is 23.2 Å². The van der Waals surface area contributed by atoms with Crippen molar-refractivity contribution in [3.05, 3.63) is 84.4 Å². The Morgan fingerprint density at radius 2 is 1.52 bits per heavy atom. The van der Waals surface area contributed by atoms with E-state index in [1.807, 2.05) is 18.2 Å². The molecule has 0 unspecified atom stereocenters. The second kappa shape index (κ2) is 9.41. The van der Waals surface area contributed by atoms with Gasteiger partial charge in [0.2, 0.25) is 0 Å². The fraction of sp³-hybridized carbons (Fsp3) is 0.130. The summed E-state index contributed by atoms with van der Waals surface area (Å²) in [5.41, 5.74) is 1.59. The maximum absolute atomic E-state index is 12.5. The normalized spacial score (nSPS) is 11.2. The van der Waals surface area contributed by atoms with Gasteiger partial charge in [0, 0.05) is 16.9 Å². The summed E-state index contributed by atoms with van der Waals surface area (Å²) in [5.74, 6) is 0.740. The van der Waals surface area contributed by atoms with E-state index in [1.165, 1.54) is 0 Å². The molecule has 2 N–H and O–H groups in total. The molecule has 0 spiro atoms. The predicted octanol–water partition coefficient (Wildman–Crippen LogP) is 4.35. The number of carbonyl (C=O) groups is 2. The highest BCUT2D eigenvalue weighted by Gasteiger charge is 2.15. The molecule has 0 saturated carbocycles. The lowest BCUT2D eigenvalue weighted by Gasteiger charge is -2.15. The van der Waals surface area contributed by atoms with Crippen molar-refractivity contribution in [2.75, 3.05) is 17.7 Å². The number of methoxy groups -OCH3 is 1. The molecule has 3 aromatic rings. The average Bonchev–Trinajstić information content (AvgIpc) is 2.75. The van der Waals surface area contributed by atoms with E-state index < -0.39 is 6.10 Å². The van der Waals surface area contributed by atoms with E-state index in [0.29, 0.717) is 28.4 Å². The quantitative estimate of drug-likeness (QED) is 0.629. The Balaban J connectivity index is 1.62. The standard InChI is InChI=1S/C23H22N2O4/c1-16(29-21-9-4-3-5-10-21)22(26)25-19-8-6-7-17(15-19)23(27)24-18-11-13-20(28-2)14-12-18/h3-16H,1-2H3,(H,24,27)(H,25,26)/t16-/m0/s1. The summed E-state index contributed by atoms with van der Waals surface area (Å²) < 4.78 is 10.7. The van der Waals surface area contributed by atoms with Crippen LogP contribution in [0.2, 0.25) is 0 Å². The third-order valence-electron chi connectivity index (χ3n) is 4.17. The number of anilines is 2. The highest BCUT2D eigenvalue weighted by atomic mass is 16.5. The van der Waals surface area contributed by atoms with Gasteiger partial charge in [0.15, 0.2) is 6.10 Å². The van der Waals surface area contributed by atoms with Crippen molar-refractivity contribution in [3.63, 3.8) is 0 Å². The van der Waals surface area contributed by atoms with Gasteiger partial charge < -0.3 is 20.1 Å². The Kier molecular flexibility index (Phi) is 6.47. The van der Waals surface area contributed by atoms with Crippen LogP contribution in [0.25, 0.3) is 0 Å². The van der Waals surface area contributed by atoms with E-state index >= 15 is 0 Å². The molecule has 0 radical (unpaired) electrons. The zero-order valence-electron chi connectivity index (χ0n) is 16.2. The van der Waals surface area contributed by atoms with Crippen molar-refractivity contribution in [3.8, 4) is 11.5 Å². The molecule has 3 aromatic carbocycles. The van der Waals surface area contributed by atoms with Crippen LogP contribution in [0.5, 0.6) is 11.5 Å². The molecule has 2 amide bonds. The molecule has 148 valence electrons. The number of para-hydroxylation sites is 1. The summed E-state index contributed by atoms with van der Waals surface area (Å²) >= 11 is 0. The maximum Gasteiger partial charge on any atom is 0.265 e. The zero-order chi connectivity index (χ0) is 20.6. The fourth-order valence-electron chi connectivity index (χ4n) is 2.62. The number of amides is 2. The van der Waals surface area contributed by atoms with Crippen molar-refractivity contribution in [2.24, 2.45) is 0 Å². The zero-order valence-corrected chi connectivity index (χ0v) is 16.2. The molecule has 0 saturated heterocycles. The highest BCUT2D eigenvalue weighted by Crippen LogP contribution is 2.18. The number of rotatable bonds is 7. The van der Waals surface area contributed by atoms with Gasteiger partial charge in [-0.25, -0.2) is 0 Å². The Morgan fingerprint density at radius 3 is 2.21 bits per heavy atom. The van der Waals surface area contributed by atoms with Gasteiger partial charge in [-0.15, -0.1) is 0 Å². The molecule has 0 aliphatic rings. The summed E-state index contributed by atoms with van der Waals surface area (Å²) in [5, 5.41) is 5.59. The monoisotopic (exact) mass is 390 g/mol. The smallest absolute Gasteiger partial charge is 0.265 e. The molecule has 0 fully saturated rings. The Labute approximate surface area is 169 Å². The van der Waals surface area contributed by atoms with E-state index in [1.54, 1.807) is 74.7 Å². The first-order valence-corrected chi connectivity index (χ1v) is 9.13. The van der Waals surface area contributed by atoms with Gasteiger partial charge in [-0.2, -0.15) is 0 Å². The van der Waals surface area contributed by atoms with Crippen molar-refractivity contribution < 1.29 is 19.1 Å². The maximum atomic E-state index is 12.5. The van der Waals surface area contributed by atoms with Crippen LogP contribution in [0.3, 0.4) is 0 Å². The van der Waals surface area contributed by atoms with Crippen molar-refractivity contribution in [2.45, 2.75) is 13.0 Å². The van der Waals surface area contributed by atoms with Gasteiger partial charge in [0.1, 0.15) is 11.5 Å². The van der Waals surface area contributed by atoms with E-state index in [9.17, 15) is 9.59 Å². The van der Waals surface area contributed by atoms with Crippen LogP contribution in [0.4, 0.5) is 11.4 Å². The third-order valence-corrected chi connectivity index (χ3v) is 4.17. The van der Waals surface area contributed by atoms with E-state index in [0.717, 1.165) is 0 Å². The Morgan fingerprint density at radius 1 is 0.793 bits per heavy atom. The van der Waals surface area contributed by atoms with Crippen LogP contribution in [-0.4, -0.2) is 25.0 Å². The summed E-state index contributed by atoms with van der Waals surface area (Å²) in [4.78, 5) is 24.9. The van der Waals surface area contributed by atoms with Crippen LogP contribution < -0.4 is 20.1 Å². The fourth-order valence-corrected chi connectivity index (χ4v) is 2.62. The lowest BCUT2D eigenvalue weighted by molar-refractivity contribution is -0.122. The lowest BCUT2D eigenvalue weighted by atomic mass is 10.1. The molecular formula is C23H22N2O4. The molecule has 0 aliphatic carbocycles. The predicted molar refractivity (Wildman–Crippen MR) is 113 cm³/mol.